The van der Waals surface area contributed by atoms with Crippen LogP contribution in [0.4, 0.5) is 0 Å². The molecule has 0 spiro atoms. The van der Waals surface area contributed by atoms with Gasteiger partial charge >= 0.3 is 0 Å². The minimum Gasteiger partial charge on any atom is -0.458 e. The summed E-state index contributed by atoms with van der Waals surface area (Å²) in [5.41, 5.74) is 3.50. The number of benzene rings is 6. The molecular weight excluding hydrogens is 403 g/mol. The number of para-hydroxylation sites is 1. The van der Waals surface area contributed by atoms with Gasteiger partial charge in [0, 0.05) is 10.8 Å². The van der Waals surface area contributed by atoms with Crippen LogP contribution in [-0.2, 0) is 0 Å². The third-order valence-corrected chi connectivity index (χ3v) is 7.18. The van der Waals surface area contributed by atoms with Crippen molar-refractivity contribution in [3.05, 3.63) is 103 Å². The van der Waals surface area contributed by atoms with Gasteiger partial charge in [-0.15, -0.1) is 0 Å². The Balaban J connectivity index is 1.56. The Morgan fingerprint density at radius 1 is 0.424 bits per heavy atom. The summed E-state index contributed by atoms with van der Waals surface area (Å²) in [7, 11) is 0. The van der Waals surface area contributed by atoms with Gasteiger partial charge < -0.3 is 9.47 Å². The molecule has 8 rings (SSSR count). The fourth-order valence-corrected chi connectivity index (χ4v) is 5.82. The van der Waals surface area contributed by atoms with Crippen molar-refractivity contribution in [3.63, 3.8) is 0 Å². The molecule has 6 aromatic rings. The highest BCUT2D eigenvalue weighted by atomic mass is 16.5. The normalized spacial score (nSPS) is 13.3. The molecular formula is C30H17BO2. The summed E-state index contributed by atoms with van der Waals surface area (Å²) in [5.74, 6) is 3.64. The fourth-order valence-electron chi connectivity index (χ4n) is 5.82. The molecule has 152 valence electrons. The number of ether oxygens (including phenoxy) is 2. The van der Waals surface area contributed by atoms with Crippen molar-refractivity contribution in [1.82, 2.24) is 0 Å². The van der Waals surface area contributed by atoms with Crippen molar-refractivity contribution in [1.29, 1.82) is 0 Å². The van der Waals surface area contributed by atoms with Crippen molar-refractivity contribution in [2.24, 2.45) is 0 Å². The maximum Gasteiger partial charge on any atom is 0.260 e. The summed E-state index contributed by atoms with van der Waals surface area (Å²) in [6.45, 7) is 0.0829. The van der Waals surface area contributed by atoms with Crippen LogP contribution in [0.25, 0.3) is 32.3 Å². The highest BCUT2D eigenvalue weighted by molar-refractivity contribution is 6.98. The Bertz CT molecular complexity index is 1750. The molecule has 0 aromatic heterocycles. The first-order chi connectivity index (χ1) is 16.4. The quantitative estimate of drug-likeness (QED) is 0.226. The van der Waals surface area contributed by atoms with Gasteiger partial charge in [-0.25, -0.2) is 0 Å². The van der Waals surface area contributed by atoms with Crippen molar-refractivity contribution in [2.45, 2.75) is 0 Å². The Morgan fingerprint density at radius 3 is 1.79 bits per heavy atom. The van der Waals surface area contributed by atoms with E-state index >= 15 is 0 Å². The molecule has 0 unspecified atom stereocenters. The monoisotopic (exact) mass is 420 g/mol. The van der Waals surface area contributed by atoms with Crippen LogP contribution in [0.2, 0.25) is 0 Å². The minimum atomic E-state index is 0.0829. The third kappa shape index (κ3) is 2.19. The molecule has 0 fully saturated rings. The fraction of sp³-hybridized carbons (Fsp3) is 0. The predicted molar refractivity (Wildman–Crippen MR) is 137 cm³/mol. The van der Waals surface area contributed by atoms with Crippen LogP contribution in [0.1, 0.15) is 0 Å². The molecule has 0 bridgehead atoms. The second kappa shape index (κ2) is 6.17. The van der Waals surface area contributed by atoms with Gasteiger partial charge in [-0.05, 0) is 56.1 Å². The molecule has 3 heteroatoms. The highest BCUT2D eigenvalue weighted by Crippen LogP contribution is 2.42. The molecule has 2 aliphatic rings. The lowest BCUT2D eigenvalue weighted by atomic mass is 9.34. The van der Waals surface area contributed by atoms with E-state index in [0.29, 0.717) is 0 Å². The average molecular weight is 420 g/mol. The van der Waals surface area contributed by atoms with E-state index in [1.807, 2.05) is 18.2 Å². The molecule has 0 N–H and O–H groups in total. The van der Waals surface area contributed by atoms with Crippen LogP contribution in [-0.4, -0.2) is 6.71 Å². The van der Waals surface area contributed by atoms with Crippen LogP contribution in [0.15, 0.2) is 103 Å². The van der Waals surface area contributed by atoms with Gasteiger partial charge in [0.05, 0.1) is 0 Å². The Labute approximate surface area is 191 Å². The molecule has 2 heterocycles. The van der Waals surface area contributed by atoms with Crippen LogP contribution in [0.3, 0.4) is 0 Å². The first-order valence-electron chi connectivity index (χ1n) is 11.3. The molecule has 0 radical (unpaired) electrons. The van der Waals surface area contributed by atoms with E-state index in [2.05, 4.69) is 84.9 Å². The van der Waals surface area contributed by atoms with Gasteiger partial charge in [-0.2, -0.15) is 0 Å². The smallest absolute Gasteiger partial charge is 0.260 e. The van der Waals surface area contributed by atoms with Crippen LogP contribution in [0.5, 0.6) is 23.0 Å². The van der Waals surface area contributed by atoms with E-state index in [0.717, 1.165) is 28.5 Å². The topological polar surface area (TPSA) is 18.5 Å². The summed E-state index contributed by atoms with van der Waals surface area (Å²) < 4.78 is 13.0. The molecule has 0 saturated carbocycles. The maximum absolute atomic E-state index is 6.73. The summed E-state index contributed by atoms with van der Waals surface area (Å²) in [6, 6.07) is 36.4. The SMILES string of the molecule is c1ccc2c(c1)Oc1cccc3c1B2c1ccc2c4ccccc4c4ccccc4c2c1O3. The maximum atomic E-state index is 6.73. The molecule has 33 heavy (non-hydrogen) atoms. The zero-order valence-electron chi connectivity index (χ0n) is 17.7. The molecule has 0 amide bonds. The average Bonchev–Trinajstić information content (AvgIpc) is 2.88. The summed E-state index contributed by atoms with van der Waals surface area (Å²) >= 11 is 0. The van der Waals surface area contributed by atoms with Gasteiger partial charge in [0.25, 0.3) is 6.71 Å². The Kier molecular flexibility index (Phi) is 3.24. The molecule has 2 aliphatic heterocycles. The minimum absolute atomic E-state index is 0.0829. The van der Waals surface area contributed by atoms with Gasteiger partial charge in [0.15, 0.2) is 0 Å². The summed E-state index contributed by atoms with van der Waals surface area (Å²) in [6.07, 6.45) is 0. The third-order valence-electron chi connectivity index (χ3n) is 7.18. The van der Waals surface area contributed by atoms with Crippen molar-refractivity contribution >= 4 is 55.4 Å². The first kappa shape index (κ1) is 17.3. The van der Waals surface area contributed by atoms with E-state index in [4.69, 9.17) is 9.47 Å². The van der Waals surface area contributed by atoms with Crippen LogP contribution >= 0.6 is 0 Å². The number of fused-ring (bicyclic) bond motifs is 11. The number of hydrogen-bond acceptors (Lipinski definition) is 2. The van der Waals surface area contributed by atoms with Crippen molar-refractivity contribution in [2.75, 3.05) is 0 Å². The first-order valence-corrected chi connectivity index (χ1v) is 11.3. The van der Waals surface area contributed by atoms with Crippen LogP contribution in [0, 0.1) is 0 Å². The molecule has 0 aliphatic carbocycles. The van der Waals surface area contributed by atoms with E-state index in [-0.39, 0.29) is 6.71 Å². The van der Waals surface area contributed by atoms with Crippen molar-refractivity contribution in [3.8, 4) is 23.0 Å². The molecule has 2 nitrogen and oxygen atoms in total. The second-order valence-corrected chi connectivity index (χ2v) is 8.84. The zero-order chi connectivity index (χ0) is 21.5. The van der Waals surface area contributed by atoms with E-state index in [9.17, 15) is 0 Å². The Morgan fingerprint density at radius 2 is 1.00 bits per heavy atom. The van der Waals surface area contributed by atoms with E-state index in [1.54, 1.807) is 0 Å². The van der Waals surface area contributed by atoms with Crippen molar-refractivity contribution < 1.29 is 9.47 Å². The lowest BCUT2D eigenvalue weighted by molar-refractivity contribution is 0.467. The summed E-state index contributed by atoms with van der Waals surface area (Å²) in [4.78, 5) is 0. The molecule has 0 saturated heterocycles. The lowest BCUT2D eigenvalue weighted by Gasteiger charge is -2.33. The summed E-state index contributed by atoms with van der Waals surface area (Å²) in [5, 5.41) is 7.41. The predicted octanol–water partition coefficient (Wildman–Crippen LogP) is 5.87. The van der Waals surface area contributed by atoms with Gasteiger partial charge in [0.2, 0.25) is 0 Å². The van der Waals surface area contributed by atoms with E-state index in [1.165, 1.54) is 43.2 Å². The molecule has 0 atom stereocenters. The van der Waals surface area contributed by atoms with Gasteiger partial charge in [-0.1, -0.05) is 84.9 Å². The Hall–Kier alpha value is -4.24. The molecule has 6 aromatic carbocycles. The number of hydrogen-bond donors (Lipinski definition) is 0. The van der Waals surface area contributed by atoms with Gasteiger partial charge in [-0.3, -0.25) is 0 Å². The largest absolute Gasteiger partial charge is 0.458 e. The van der Waals surface area contributed by atoms with Crippen LogP contribution < -0.4 is 25.9 Å². The second-order valence-electron chi connectivity index (χ2n) is 8.84. The zero-order valence-corrected chi connectivity index (χ0v) is 17.7. The number of rotatable bonds is 0. The lowest BCUT2D eigenvalue weighted by Crippen LogP contribution is -2.57. The highest BCUT2D eigenvalue weighted by Gasteiger charge is 2.40. The standard InChI is InChI=1S/C30H17BO2/c1-2-10-20-18(8-1)19-9-3-4-11-21(19)28-22(20)16-17-24-30(28)33-27-15-7-14-26-29(27)31(24)23-12-5-6-13-25(23)32-26/h1-17H. The van der Waals surface area contributed by atoms with Gasteiger partial charge in [0.1, 0.15) is 23.0 Å². The van der Waals surface area contributed by atoms with E-state index < -0.39 is 0 Å².